The monoisotopic (exact) mass is 762 g/mol. The molecule has 304 valence electrons. The molecule has 1 heterocycles. The lowest BCUT2D eigenvalue weighted by molar-refractivity contribution is -0.297. The first kappa shape index (κ1) is 48.1. The number of rotatable bonds is 32. The van der Waals surface area contributed by atoms with Crippen molar-refractivity contribution in [1.29, 1.82) is 0 Å². The Kier molecular flexibility index (Phi) is 28.2. The van der Waals surface area contributed by atoms with E-state index < -0.39 is 71.2 Å². The van der Waals surface area contributed by atoms with E-state index in [1.54, 1.807) is 0 Å². The summed E-state index contributed by atoms with van der Waals surface area (Å²) < 4.78 is 53.8. The highest BCUT2D eigenvalue weighted by Crippen LogP contribution is 2.24. The zero-order valence-corrected chi connectivity index (χ0v) is 32.7. The number of aliphatic hydroxyl groups excluding tert-OH is 3. The van der Waals surface area contributed by atoms with E-state index in [1.165, 1.54) is 51.4 Å². The summed E-state index contributed by atoms with van der Waals surface area (Å²) in [5.74, 6) is -2.00. The summed E-state index contributed by atoms with van der Waals surface area (Å²) in [6, 6.07) is 0. The van der Waals surface area contributed by atoms with E-state index in [0.717, 1.165) is 64.2 Å². The fraction of sp³-hybridized carbons (Fsp3) is 0.846. The van der Waals surface area contributed by atoms with E-state index in [0.29, 0.717) is 12.8 Å². The first-order valence-electron chi connectivity index (χ1n) is 19.9. The third-order valence-corrected chi connectivity index (χ3v) is 9.78. The van der Waals surface area contributed by atoms with Gasteiger partial charge in [-0.05, 0) is 44.9 Å². The second-order valence-electron chi connectivity index (χ2n) is 14.0. The van der Waals surface area contributed by atoms with Crippen LogP contribution in [0.25, 0.3) is 0 Å². The number of allylic oxidation sites excluding steroid dienone is 4. The molecule has 12 nitrogen and oxygen atoms in total. The summed E-state index contributed by atoms with van der Waals surface area (Å²) >= 11 is 0. The highest BCUT2D eigenvalue weighted by Gasteiger charge is 2.46. The molecule has 0 aliphatic carbocycles. The topological polar surface area (TPSA) is 186 Å². The number of aliphatic hydroxyl groups is 3. The van der Waals surface area contributed by atoms with Crippen LogP contribution >= 0.6 is 0 Å². The van der Waals surface area contributed by atoms with Gasteiger partial charge in [-0.2, -0.15) is 8.42 Å². The Morgan fingerprint density at radius 1 is 0.654 bits per heavy atom. The molecule has 6 unspecified atom stereocenters. The predicted molar refractivity (Wildman–Crippen MR) is 201 cm³/mol. The van der Waals surface area contributed by atoms with Crippen LogP contribution in [0.15, 0.2) is 24.3 Å². The lowest BCUT2D eigenvalue weighted by atomic mass is 10.00. The van der Waals surface area contributed by atoms with Crippen LogP contribution in [-0.2, 0) is 38.7 Å². The molecule has 4 N–H and O–H groups in total. The summed E-state index contributed by atoms with van der Waals surface area (Å²) in [6.07, 6.45) is 21.0. The van der Waals surface area contributed by atoms with Crippen LogP contribution in [0.1, 0.15) is 155 Å². The summed E-state index contributed by atoms with van der Waals surface area (Å²) in [4.78, 5) is 25.2. The van der Waals surface area contributed by atoms with Crippen molar-refractivity contribution in [2.75, 3.05) is 19.0 Å². The van der Waals surface area contributed by atoms with Gasteiger partial charge in [0, 0.05) is 12.8 Å². The highest BCUT2D eigenvalue weighted by atomic mass is 32.2. The SMILES string of the molecule is CCCCC/C=C\C/C=C\CCCCCCCC(=O)OC(COC(=O)CCCCCCCCCCC)COC1OC(CS(=O)(=O)O)C(O)C(O)C1O. The van der Waals surface area contributed by atoms with Gasteiger partial charge < -0.3 is 34.3 Å². The Hall–Kier alpha value is -1.87. The maximum Gasteiger partial charge on any atom is 0.306 e. The third-order valence-electron chi connectivity index (χ3n) is 9.03. The first-order chi connectivity index (χ1) is 25.0. The number of carbonyl (C=O) groups is 2. The van der Waals surface area contributed by atoms with Gasteiger partial charge in [0.05, 0.1) is 6.61 Å². The van der Waals surface area contributed by atoms with Gasteiger partial charge in [-0.15, -0.1) is 0 Å². The lowest BCUT2D eigenvalue weighted by Gasteiger charge is -2.40. The number of unbranched alkanes of at least 4 members (excludes halogenated alkanes) is 16. The van der Waals surface area contributed by atoms with Gasteiger partial charge in [0.1, 0.15) is 36.8 Å². The number of ether oxygens (including phenoxy) is 4. The average molecular weight is 763 g/mol. The molecule has 13 heteroatoms. The van der Waals surface area contributed by atoms with Crippen molar-refractivity contribution in [3.63, 3.8) is 0 Å². The molecule has 1 aliphatic rings. The van der Waals surface area contributed by atoms with Gasteiger partial charge in [-0.25, -0.2) is 0 Å². The van der Waals surface area contributed by atoms with Crippen molar-refractivity contribution in [2.24, 2.45) is 0 Å². The summed E-state index contributed by atoms with van der Waals surface area (Å²) in [5, 5.41) is 30.7. The van der Waals surface area contributed by atoms with Gasteiger partial charge >= 0.3 is 11.9 Å². The molecule has 1 fully saturated rings. The molecule has 0 bridgehead atoms. The Morgan fingerprint density at radius 3 is 1.73 bits per heavy atom. The van der Waals surface area contributed by atoms with E-state index in [4.69, 9.17) is 18.9 Å². The molecule has 1 saturated heterocycles. The number of carbonyl (C=O) groups excluding carboxylic acids is 2. The predicted octanol–water partition coefficient (Wildman–Crippen LogP) is 6.89. The van der Waals surface area contributed by atoms with Gasteiger partial charge in [0.2, 0.25) is 0 Å². The number of hydrogen-bond acceptors (Lipinski definition) is 11. The number of hydrogen-bond donors (Lipinski definition) is 4. The molecule has 1 aliphatic heterocycles. The van der Waals surface area contributed by atoms with E-state index in [9.17, 15) is 37.9 Å². The second kappa shape index (κ2) is 30.5. The average Bonchev–Trinajstić information content (AvgIpc) is 3.10. The normalized spacial score (nSPS) is 21.5. The third kappa shape index (κ3) is 25.2. The van der Waals surface area contributed by atoms with E-state index in [-0.39, 0.29) is 19.4 Å². The van der Waals surface area contributed by atoms with Crippen molar-refractivity contribution in [3.8, 4) is 0 Å². The van der Waals surface area contributed by atoms with Gasteiger partial charge in [-0.3, -0.25) is 14.1 Å². The molecule has 52 heavy (non-hydrogen) atoms. The fourth-order valence-electron chi connectivity index (χ4n) is 5.88. The largest absolute Gasteiger partial charge is 0.462 e. The van der Waals surface area contributed by atoms with Gasteiger partial charge in [-0.1, -0.05) is 122 Å². The van der Waals surface area contributed by atoms with E-state index in [1.807, 2.05) is 0 Å². The Bertz CT molecular complexity index is 1080. The molecule has 6 atom stereocenters. The van der Waals surface area contributed by atoms with Crippen LogP contribution in [0.4, 0.5) is 0 Å². The van der Waals surface area contributed by atoms with Crippen LogP contribution in [0.3, 0.4) is 0 Å². The minimum absolute atomic E-state index is 0.150. The minimum atomic E-state index is -4.60. The summed E-state index contributed by atoms with van der Waals surface area (Å²) in [5.41, 5.74) is 0. The van der Waals surface area contributed by atoms with Crippen LogP contribution in [-0.4, -0.2) is 96.0 Å². The quantitative estimate of drug-likeness (QED) is 0.0241. The standard InChI is InChI=1S/C39H70O12S/c1-3-5-7-9-11-13-14-15-16-17-18-20-22-24-26-28-35(41)50-32(29-48-34(40)27-25-23-21-19-12-10-8-6-4-2)30-49-39-38(44)37(43)36(42)33(51-39)31-52(45,46)47/h11,13,15-16,32-33,36-39,42-44H,3-10,12,14,17-31H2,1-2H3,(H,45,46,47)/b13-11-,16-15-. The zero-order valence-electron chi connectivity index (χ0n) is 31.9. The van der Waals surface area contributed by atoms with Crippen LogP contribution in [0, 0.1) is 0 Å². The van der Waals surface area contributed by atoms with Crippen LogP contribution in [0.5, 0.6) is 0 Å². The van der Waals surface area contributed by atoms with Crippen molar-refractivity contribution in [3.05, 3.63) is 24.3 Å². The Balaban J connectivity index is 2.52. The Labute approximate surface area is 313 Å². The Morgan fingerprint density at radius 2 is 1.15 bits per heavy atom. The molecule has 0 aromatic rings. The molecule has 0 amide bonds. The number of esters is 2. The molecule has 0 spiro atoms. The maximum atomic E-state index is 12.7. The summed E-state index contributed by atoms with van der Waals surface area (Å²) in [6.45, 7) is 3.67. The molecule has 0 saturated carbocycles. The first-order valence-corrected chi connectivity index (χ1v) is 21.5. The van der Waals surface area contributed by atoms with Crippen molar-refractivity contribution in [1.82, 2.24) is 0 Å². The zero-order chi connectivity index (χ0) is 38.5. The highest BCUT2D eigenvalue weighted by molar-refractivity contribution is 7.85. The van der Waals surface area contributed by atoms with Gasteiger partial charge in [0.25, 0.3) is 10.1 Å². The van der Waals surface area contributed by atoms with Crippen LogP contribution < -0.4 is 0 Å². The molecule has 0 aromatic carbocycles. The van der Waals surface area contributed by atoms with Crippen molar-refractivity contribution >= 4 is 22.1 Å². The maximum absolute atomic E-state index is 12.7. The smallest absolute Gasteiger partial charge is 0.306 e. The van der Waals surface area contributed by atoms with Crippen molar-refractivity contribution < 1.29 is 56.8 Å². The molecule has 1 rings (SSSR count). The van der Waals surface area contributed by atoms with Crippen LogP contribution in [0.2, 0.25) is 0 Å². The fourth-order valence-corrected chi connectivity index (χ4v) is 6.57. The van der Waals surface area contributed by atoms with Gasteiger partial charge in [0.15, 0.2) is 12.4 Å². The van der Waals surface area contributed by atoms with Crippen molar-refractivity contribution in [2.45, 2.75) is 192 Å². The van der Waals surface area contributed by atoms with E-state index >= 15 is 0 Å². The molecule has 0 radical (unpaired) electrons. The molecular formula is C39H70O12S. The van der Waals surface area contributed by atoms with E-state index in [2.05, 4.69) is 38.2 Å². The second-order valence-corrected chi connectivity index (χ2v) is 15.4. The lowest BCUT2D eigenvalue weighted by Crippen LogP contribution is -2.60. The summed E-state index contributed by atoms with van der Waals surface area (Å²) in [7, 11) is -4.60. The molecular weight excluding hydrogens is 692 g/mol. The minimum Gasteiger partial charge on any atom is -0.462 e. The molecule has 0 aromatic heterocycles.